The Bertz CT molecular complexity index is 1280. The molecule has 0 aliphatic carbocycles. The Balaban J connectivity index is 1.81. The van der Waals surface area contributed by atoms with Gasteiger partial charge in [0.25, 0.3) is 5.56 Å². The summed E-state index contributed by atoms with van der Waals surface area (Å²) in [6.45, 7) is 5.16. The van der Waals surface area contributed by atoms with Crippen LogP contribution in [-0.2, 0) is 17.9 Å². The van der Waals surface area contributed by atoms with E-state index in [1.54, 1.807) is 0 Å². The maximum absolute atomic E-state index is 14.2. The quantitative estimate of drug-likeness (QED) is 0.458. The van der Waals surface area contributed by atoms with Gasteiger partial charge in [-0.25, -0.2) is 18.0 Å². The molecule has 0 bridgehead atoms. The Kier molecular flexibility index (Phi) is 8.39. The topological polar surface area (TPSA) is 82.5 Å². The van der Waals surface area contributed by atoms with Gasteiger partial charge in [-0.15, -0.1) is 0 Å². The molecule has 0 aliphatic rings. The molecule has 3 rings (SSSR count). The minimum atomic E-state index is -0.961. The number of halogens is 4. The van der Waals surface area contributed by atoms with Crippen molar-refractivity contribution in [3.05, 3.63) is 86.2 Å². The lowest BCUT2D eigenvalue weighted by atomic mass is 10.1. The fourth-order valence-electron chi connectivity index (χ4n) is 3.15. The van der Waals surface area contributed by atoms with Crippen LogP contribution < -0.4 is 15.6 Å². The van der Waals surface area contributed by atoms with Crippen LogP contribution in [0.2, 0.25) is 5.02 Å². The van der Waals surface area contributed by atoms with Gasteiger partial charge in [-0.05, 0) is 48.2 Å². The van der Waals surface area contributed by atoms with E-state index in [4.69, 9.17) is 21.1 Å². The Hall–Kier alpha value is -3.53. The number of ether oxygens (including phenoxy) is 2. The highest BCUT2D eigenvalue weighted by molar-refractivity contribution is 6.31. The molecule has 1 amide bonds. The molecule has 1 N–H and O–H groups in total. The first-order valence-corrected chi connectivity index (χ1v) is 11.0. The number of nitrogens with zero attached hydrogens (tertiary/aromatic N) is 2. The van der Waals surface area contributed by atoms with Crippen molar-refractivity contribution >= 4 is 17.7 Å². The second kappa shape index (κ2) is 11.3. The van der Waals surface area contributed by atoms with Gasteiger partial charge in [-0.3, -0.25) is 9.36 Å². The van der Waals surface area contributed by atoms with Gasteiger partial charge < -0.3 is 14.8 Å². The van der Waals surface area contributed by atoms with Crippen molar-refractivity contribution in [2.75, 3.05) is 6.61 Å². The van der Waals surface area contributed by atoms with Crippen molar-refractivity contribution in [1.29, 1.82) is 0 Å². The van der Waals surface area contributed by atoms with Gasteiger partial charge in [0.2, 0.25) is 5.88 Å². The number of carbonyl (C=O) groups excluding carboxylic acids is 1. The molecule has 11 heteroatoms. The number of amides is 1. The number of hydrogen-bond donors (Lipinski definition) is 1. The van der Waals surface area contributed by atoms with E-state index >= 15 is 0 Å². The summed E-state index contributed by atoms with van der Waals surface area (Å²) in [5, 5.41) is 2.05. The molecule has 0 fully saturated rings. The third-order valence-electron chi connectivity index (χ3n) is 4.83. The minimum absolute atomic E-state index is 0.0400. The minimum Gasteiger partial charge on any atom is -0.472 e. The standard InChI is InChI=1S/C24H23ClF3N3O4/c1-13(2)11-35-24(33)29-10-16-9-17(26)8-7-15(16)12-34-22-20(25)23(32)31(14(3)30-22)21-18(27)5-4-6-19(21)28/h4-9,13H,10-12H2,1-3H3,(H,29,33). The van der Waals surface area contributed by atoms with Gasteiger partial charge >= 0.3 is 6.09 Å². The first-order chi connectivity index (χ1) is 16.6. The molecule has 0 spiro atoms. The molecule has 0 radical (unpaired) electrons. The summed E-state index contributed by atoms with van der Waals surface area (Å²) in [6, 6.07) is 7.05. The molecule has 7 nitrogen and oxygen atoms in total. The van der Waals surface area contributed by atoms with Crippen molar-refractivity contribution in [1.82, 2.24) is 14.9 Å². The molecular formula is C24H23ClF3N3O4. The van der Waals surface area contributed by atoms with Crippen molar-refractivity contribution in [3.63, 3.8) is 0 Å². The van der Waals surface area contributed by atoms with Crippen molar-refractivity contribution in [2.45, 2.75) is 33.9 Å². The number of nitrogens with one attached hydrogen (secondary N) is 1. The Labute approximate surface area is 204 Å². The first kappa shape index (κ1) is 26.1. The van der Waals surface area contributed by atoms with E-state index in [0.717, 1.165) is 16.7 Å². The smallest absolute Gasteiger partial charge is 0.407 e. The first-order valence-electron chi connectivity index (χ1n) is 10.6. The summed E-state index contributed by atoms with van der Waals surface area (Å²) in [6.07, 6.45) is -0.654. The largest absolute Gasteiger partial charge is 0.472 e. The molecule has 186 valence electrons. The number of benzene rings is 2. The summed E-state index contributed by atoms with van der Waals surface area (Å²) >= 11 is 6.12. The van der Waals surface area contributed by atoms with Crippen LogP contribution >= 0.6 is 11.6 Å². The van der Waals surface area contributed by atoms with Crippen LogP contribution in [0.25, 0.3) is 5.69 Å². The van der Waals surface area contributed by atoms with Crippen LogP contribution in [0.15, 0.2) is 41.2 Å². The van der Waals surface area contributed by atoms with Crippen molar-refractivity contribution in [3.8, 4) is 11.6 Å². The zero-order valence-electron chi connectivity index (χ0n) is 19.2. The maximum Gasteiger partial charge on any atom is 0.407 e. The molecule has 2 aromatic carbocycles. The van der Waals surface area contributed by atoms with Gasteiger partial charge in [0.05, 0.1) is 6.61 Å². The zero-order valence-corrected chi connectivity index (χ0v) is 20.0. The number of alkyl carbamates (subject to hydrolysis) is 1. The Morgan fingerprint density at radius 3 is 2.49 bits per heavy atom. The lowest BCUT2D eigenvalue weighted by Crippen LogP contribution is -2.26. The third kappa shape index (κ3) is 6.33. The van der Waals surface area contributed by atoms with E-state index in [1.807, 2.05) is 13.8 Å². The van der Waals surface area contributed by atoms with Crippen LogP contribution in [0.1, 0.15) is 30.8 Å². The Morgan fingerprint density at radius 1 is 1.14 bits per heavy atom. The molecule has 3 aromatic rings. The molecule has 0 saturated carbocycles. The predicted molar refractivity (Wildman–Crippen MR) is 123 cm³/mol. The summed E-state index contributed by atoms with van der Waals surface area (Å²) in [7, 11) is 0. The van der Waals surface area contributed by atoms with E-state index in [0.29, 0.717) is 11.1 Å². The number of carbonyl (C=O) groups is 1. The van der Waals surface area contributed by atoms with Gasteiger partial charge in [0, 0.05) is 6.54 Å². The number of rotatable bonds is 8. The summed E-state index contributed by atoms with van der Waals surface area (Å²) in [4.78, 5) is 28.7. The summed E-state index contributed by atoms with van der Waals surface area (Å²) < 4.78 is 53.6. The normalized spacial score (nSPS) is 11.0. The average molecular weight is 510 g/mol. The van der Waals surface area contributed by atoms with Gasteiger partial charge in [0.1, 0.15) is 35.6 Å². The lowest BCUT2D eigenvalue weighted by Gasteiger charge is -2.15. The van der Waals surface area contributed by atoms with Gasteiger partial charge in [-0.1, -0.05) is 37.6 Å². The molecule has 35 heavy (non-hydrogen) atoms. The Morgan fingerprint density at radius 2 is 1.83 bits per heavy atom. The van der Waals surface area contributed by atoms with E-state index in [2.05, 4.69) is 10.3 Å². The molecule has 1 heterocycles. The van der Waals surface area contributed by atoms with Crippen LogP contribution in [0.4, 0.5) is 18.0 Å². The maximum atomic E-state index is 14.2. The number of para-hydroxylation sites is 1. The van der Waals surface area contributed by atoms with E-state index < -0.39 is 39.8 Å². The second-order valence-electron chi connectivity index (χ2n) is 8.04. The average Bonchev–Trinajstić information content (AvgIpc) is 2.80. The molecule has 0 atom stereocenters. The fourth-order valence-corrected chi connectivity index (χ4v) is 3.33. The monoisotopic (exact) mass is 509 g/mol. The SMILES string of the molecule is Cc1nc(OCc2ccc(F)cc2CNC(=O)OCC(C)C)c(Cl)c(=O)n1-c1c(F)cccc1F. The highest BCUT2D eigenvalue weighted by atomic mass is 35.5. The van der Waals surface area contributed by atoms with E-state index in [1.165, 1.54) is 31.2 Å². The lowest BCUT2D eigenvalue weighted by molar-refractivity contribution is 0.132. The molecular weight excluding hydrogens is 487 g/mol. The second-order valence-corrected chi connectivity index (χ2v) is 8.41. The van der Waals surface area contributed by atoms with Crippen LogP contribution in [0, 0.1) is 30.3 Å². The van der Waals surface area contributed by atoms with Crippen molar-refractivity contribution in [2.24, 2.45) is 5.92 Å². The highest BCUT2D eigenvalue weighted by Crippen LogP contribution is 2.24. The predicted octanol–water partition coefficient (Wildman–Crippen LogP) is 5.07. The van der Waals surface area contributed by atoms with Crippen LogP contribution in [-0.4, -0.2) is 22.3 Å². The van der Waals surface area contributed by atoms with Gasteiger partial charge in [-0.2, -0.15) is 4.98 Å². The fraction of sp³-hybridized carbons (Fsp3) is 0.292. The number of hydrogen-bond acceptors (Lipinski definition) is 5. The van der Waals surface area contributed by atoms with Crippen LogP contribution in [0.5, 0.6) is 5.88 Å². The number of aryl methyl sites for hydroxylation is 1. The van der Waals surface area contributed by atoms with Crippen molar-refractivity contribution < 1.29 is 27.4 Å². The summed E-state index contributed by atoms with van der Waals surface area (Å²) in [5.74, 6) is -2.62. The molecule has 0 aliphatic heterocycles. The van der Waals surface area contributed by atoms with E-state index in [-0.39, 0.29) is 37.4 Å². The number of aromatic nitrogens is 2. The van der Waals surface area contributed by atoms with Gasteiger partial charge in [0.15, 0.2) is 5.02 Å². The molecule has 0 unspecified atom stereocenters. The molecule has 0 saturated heterocycles. The zero-order chi connectivity index (χ0) is 25.7. The molecule has 1 aromatic heterocycles. The third-order valence-corrected chi connectivity index (χ3v) is 5.15. The van der Waals surface area contributed by atoms with E-state index in [9.17, 15) is 22.8 Å². The highest BCUT2D eigenvalue weighted by Gasteiger charge is 2.21. The van der Waals surface area contributed by atoms with Crippen LogP contribution in [0.3, 0.4) is 0 Å². The summed E-state index contributed by atoms with van der Waals surface area (Å²) in [5.41, 5.74) is -0.643.